The van der Waals surface area contributed by atoms with Crippen molar-refractivity contribution in [2.75, 3.05) is 5.75 Å². The Bertz CT molecular complexity index is 431. The summed E-state index contributed by atoms with van der Waals surface area (Å²) < 4.78 is 0. The molecule has 1 heterocycles. The smallest absolute Gasteiger partial charge is 0.0467 e. The van der Waals surface area contributed by atoms with Crippen LogP contribution in [0.15, 0.2) is 29.2 Å². The van der Waals surface area contributed by atoms with Crippen molar-refractivity contribution in [3.63, 3.8) is 0 Å². The Morgan fingerprint density at radius 2 is 2.07 bits per heavy atom. The summed E-state index contributed by atoms with van der Waals surface area (Å²) in [4.78, 5) is 4.83. The number of para-hydroxylation sites is 1. The van der Waals surface area contributed by atoms with Crippen molar-refractivity contribution in [2.24, 2.45) is 0 Å². The minimum Gasteiger partial charge on any atom is -0.358 e. The Morgan fingerprint density at radius 3 is 2.86 bits per heavy atom. The molecule has 0 bridgehead atoms. The van der Waals surface area contributed by atoms with Crippen LogP contribution in [0.3, 0.4) is 0 Å². The van der Waals surface area contributed by atoms with Crippen molar-refractivity contribution >= 4 is 22.7 Å². The predicted octanol–water partition coefficient (Wildman–Crippen LogP) is 3.98. The maximum atomic E-state index is 3.42. The molecule has 0 fully saturated rings. The largest absolute Gasteiger partial charge is 0.358 e. The van der Waals surface area contributed by atoms with Crippen molar-refractivity contribution in [2.45, 2.75) is 25.2 Å². The molecule has 1 aromatic heterocycles. The molecule has 2 heteroatoms. The van der Waals surface area contributed by atoms with Crippen molar-refractivity contribution < 1.29 is 0 Å². The second-order valence-corrected chi connectivity index (χ2v) is 4.58. The van der Waals surface area contributed by atoms with Crippen LogP contribution < -0.4 is 0 Å². The zero-order valence-electron chi connectivity index (χ0n) is 8.63. The molecule has 14 heavy (non-hydrogen) atoms. The topological polar surface area (TPSA) is 15.8 Å². The lowest BCUT2D eigenvalue weighted by molar-refractivity contribution is 1.10. The van der Waals surface area contributed by atoms with Crippen LogP contribution in [0.4, 0.5) is 0 Å². The second kappa shape index (κ2) is 4.09. The molecule has 0 spiro atoms. The zero-order valence-corrected chi connectivity index (χ0v) is 9.45. The Morgan fingerprint density at radius 1 is 1.29 bits per heavy atom. The molecule has 1 nitrogen and oxygen atoms in total. The molecule has 0 saturated carbocycles. The van der Waals surface area contributed by atoms with Gasteiger partial charge in [0.15, 0.2) is 0 Å². The molecule has 74 valence electrons. The first-order valence-electron chi connectivity index (χ1n) is 5.03. The van der Waals surface area contributed by atoms with Crippen LogP contribution in [0.5, 0.6) is 0 Å². The molecule has 0 unspecified atom stereocenters. The Hall–Kier alpha value is -0.890. The predicted molar refractivity (Wildman–Crippen MR) is 64.1 cm³/mol. The first kappa shape index (κ1) is 9.66. The summed E-state index contributed by atoms with van der Waals surface area (Å²) >= 11 is 1.95. The molecule has 0 radical (unpaired) electrons. The number of aromatic nitrogens is 1. The van der Waals surface area contributed by atoms with Crippen LogP contribution in [-0.4, -0.2) is 10.7 Å². The van der Waals surface area contributed by atoms with Gasteiger partial charge in [-0.05, 0) is 25.2 Å². The van der Waals surface area contributed by atoms with Gasteiger partial charge < -0.3 is 4.98 Å². The number of hydrogen-bond donors (Lipinski definition) is 1. The monoisotopic (exact) mass is 205 g/mol. The molecule has 1 N–H and O–H groups in total. The molecule has 0 aliphatic rings. The number of H-pyrrole nitrogens is 1. The molecular formula is C12H15NS. The maximum Gasteiger partial charge on any atom is 0.0467 e. The lowest BCUT2D eigenvalue weighted by atomic mass is 10.2. The molecule has 0 saturated heterocycles. The lowest BCUT2D eigenvalue weighted by Gasteiger charge is -1.98. The number of aromatic amines is 1. The first-order valence-corrected chi connectivity index (χ1v) is 6.01. The van der Waals surface area contributed by atoms with Gasteiger partial charge in [0.2, 0.25) is 0 Å². The summed E-state index contributed by atoms with van der Waals surface area (Å²) in [7, 11) is 0. The summed E-state index contributed by atoms with van der Waals surface area (Å²) in [5.74, 6) is 1.20. The minimum atomic E-state index is 1.20. The fraction of sp³-hybridized carbons (Fsp3) is 0.333. The van der Waals surface area contributed by atoms with E-state index < -0.39 is 0 Å². The molecule has 0 amide bonds. The van der Waals surface area contributed by atoms with Crippen molar-refractivity contribution in [3.8, 4) is 0 Å². The number of thioether (sulfide) groups is 1. The van der Waals surface area contributed by atoms with Crippen LogP contribution in [0, 0.1) is 6.92 Å². The quantitative estimate of drug-likeness (QED) is 0.749. The van der Waals surface area contributed by atoms with Crippen LogP contribution in [0.2, 0.25) is 0 Å². The third-order valence-electron chi connectivity index (χ3n) is 2.28. The number of nitrogens with one attached hydrogen (secondary N) is 1. The van der Waals surface area contributed by atoms with E-state index in [4.69, 9.17) is 0 Å². The second-order valence-electron chi connectivity index (χ2n) is 3.47. The normalized spacial score (nSPS) is 11.0. The highest BCUT2D eigenvalue weighted by molar-refractivity contribution is 7.99. The summed E-state index contributed by atoms with van der Waals surface area (Å²) in [5.41, 5.74) is 2.55. The standard InChI is InChI=1S/C12H15NS/c1-3-8-14-12-9(2)13-11-7-5-4-6-10(11)12/h4-7,13H,3,8H2,1-2H3. The summed E-state index contributed by atoms with van der Waals surface area (Å²) in [6, 6.07) is 8.51. The van der Waals surface area contributed by atoms with E-state index in [1.807, 2.05) is 11.8 Å². The molecule has 0 atom stereocenters. The molecule has 1 aromatic carbocycles. The Labute approximate surface area is 88.9 Å². The fourth-order valence-electron chi connectivity index (χ4n) is 1.64. The molecule has 2 aromatic rings. The van der Waals surface area contributed by atoms with Gasteiger partial charge >= 0.3 is 0 Å². The molecular weight excluding hydrogens is 190 g/mol. The van der Waals surface area contributed by atoms with E-state index in [1.54, 1.807) is 0 Å². The van der Waals surface area contributed by atoms with Gasteiger partial charge in [0.1, 0.15) is 0 Å². The minimum absolute atomic E-state index is 1.20. The van der Waals surface area contributed by atoms with Crippen LogP contribution in [0.25, 0.3) is 10.9 Å². The third kappa shape index (κ3) is 1.67. The average molecular weight is 205 g/mol. The van der Waals surface area contributed by atoms with E-state index in [1.165, 1.54) is 33.7 Å². The van der Waals surface area contributed by atoms with Crippen LogP contribution in [-0.2, 0) is 0 Å². The van der Waals surface area contributed by atoms with E-state index in [-0.39, 0.29) is 0 Å². The van der Waals surface area contributed by atoms with E-state index in [2.05, 4.69) is 43.1 Å². The third-order valence-corrected chi connectivity index (χ3v) is 3.71. The maximum absolute atomic E-state index is 3.42. The number of hydrogen-bond acceptors (Lipinski definition) is 1. The number of rotatable bonds is 3. The van der Waals surface area contributed by atoms with E-state index >= 15 is 0 Å². The zero-order chi connectivity index (χ0) is 9.97. The van der Waals surface area contributed by atoms with Crippen molar-refractivity contribution in [1.82, 2.24) is 4.98 Å². The van der Waals surface area contributed by atoms with Crippen molar-refractivity contribution in [3.05, 3.63) is 30.0 Å². The van der Waals surface area contributed by atoms with E-state index in [0.29, 0.717) is 0 Å². The van der Waals surface area contributed by atoms with Crippen molar-refractivity contribution in [1.29, 1.82) is 0 Å². The van der Waals surface area contributed by atoms with Gasteiger partial charge in [0, 0.05) is 21.5 Å². The lowest BCUT2D eigenvalue weighted by Crippen LogP contribution is -1.77. The van der Waals surface area contributed by atoms with Gasteiger partial charge in [-0.3, -0.25) is 0 Å². The highest BCUT2D eigenvalue weighted by Crippen LogP contribution is 2.31. The summed E-state index contributed by atoms with van der Waals surface area (Å²) in [5, 5.41) is 1.36. The first-order chi connectivity index (χ1) is 6.83. The fourth-order valence-corrected chi connectivity index (χ4v) is 2.65. The SMILES string of the molecule is CCCSc1c(C)[nH]c2ccccc12. The van der Waals surface area contributed by atoms with E-state index in [9.17, 15) is 0 Å². The summed E-state index contributed by atoms with van der Waals surface area (Å²) in [6.07, 6.45) is 1.23. The van der Waals surface area contributed by atoms with Gasteiger partial charge in [-0.1, -0.05) is 25.1 Å². The van der Waals surface area contributed by atoms with Crippen LogP contribution in [0.1, 0.15) is 19.0 Å². The molecule has 2 rings (SSSR count). The van der Waals surface area contributed by atoms with E-state index in [0.717, 1.165) is 0 Å². The highest BCUT2D eigenvalue weighted by atomic mass is 32.2. The van der Waals surface area contributed by atoms with Gasteiger partial charge in [-0.15, -0.1) is 11.8 Å². The highest BCUT2D eigenvalue weighted by Gasteiger charge is 2.06. The number of aryl methyl sites for hydroxylation is 1. The van der Waals surface area contributed by atoms with Gasteiger partial charge in [-0.2, -0.15) is 0 Å². The number of benzene rings is 1. The summed E-state index contributed by atoms with van der Waals surface area (Å²) in [6.45, 7) is 4.37. The van der Waals surface area contributed by atoms with Gasteiger partial charge in [-0.25, -0.2) is 0 Å². The Kier molecular flexibility index (Phi) is 2.82. The Balaban J connectivity index is 2.45. The molecule has 0 aliphatic carbocycles. The van der Waals surface area contributed by atoms with Gasteiger partial charge in [0.25, 0.3) is 0 Å². The number of fused-ring (bicyclic) bond motifs is 1. The molecule has 0 aliphatic heterocycles. The van der Waals surface area contributed by atoms with Gasteiger partial charge in [0.05, 0.1) is 0 Å². The van der Waals surface area contributed by atoms with Crippen LogP contribution >= 0.6 is 11.8 Å². The average Bonchev–Trinajstić information content (AvgIpc) is 2.51.